The van der Waals surface area contributed by atoms with Crippen LogP contribution in [0.2, 0.25) is 0 Å². The summed E-state index contributed by atoms with van der Waals surface area (Å²) < 4.78 is 15.5. The van der Waals surface area contributed by atoms with Crippen molar-refractivity contribution in [1.29, 1.82) is 0 Å². The molecule has 5 aromatic heterocycles. The number of H-pyrrole nitrogens is 2. The summed E-state index contributed by atoms with van der Waals surface area (Å²) in [4.78, 5) is 44.9. The smallest absolute Gasteiger partial charge is 0.338 e. The van der Waals surface area contributed by atoms with E-state index in [9.17, 15) is 9.59 Å². The van der Waals surface area contributed by atoms with Crippen molar-refractivity contribution < 1.29 is 19.1 Å². The zero-order chi connectivity index (χ0) is 56.4. The minimum Gasteiger partial charge on any atom is -0.462 e. The van der Waals surface area contributed by atoms with E-state index in [1.807, 2.05) is 62.4 Å². The lowest BCUT2D eigenvalue weighted by atomic mass is 10.0. The van der Waals surface area contributed by atoms with Crippen LogP contribution < -0.4 is 0 Å². The third-order valence-corrected chi connectivity index (χ3v) is 16.1. The van der Waals surface area contributed by atoms with E-state index in [-0.39, 0.29) is 25.2 Å². The Morgan fingerprint density at radius 1 is 0.345 bits per heavy atom. The average Bonchev–Trinajstić information content (AvgIpc) is 4.51. The fourth-order valence-electron chi connectivity index (χ4n) is 12.4. The fourth-order valence-corrected chi connectivity index (χ4v) is 12.4. The summed E-state index contributed by atoms with van der Waals surface area (Å²) in [6.45, 7) is 4.17. The first kappa shape index (κ1) is 49.9. The first-order valence-electron chi connectivity index (χ1n) is 28.3. The molecule has 0 saturated carbocycles. The Balaban J connectivity index is 0.985. The zero-order valence-electron chi connectivity index (χ0n) is 45.9. The number of carbonyl (C=O) groups excluding carboxylic acids is 2. The quantitative estimate of drug-likeness (QED) is 0.132. The number of nitrogens with zero attached hydrogens (tertiary/aromatic N) is 4. The fraction of sp³-hybridized carbons (Fsp3) is 0.0541. The molecule has 7 heterocycles. The number of aromatic nitrogens is 6. The number of rotatable bonds is 10. The highest BCUT2D eigenvalue weighted by Crippen LogP contribution is 2.41. The molecular weight excluding hydrogens is 1040 g/mol. The molecule has 0 spiro atoms. The van der Waals surface area contributed by atoms with Gasteiger partial charge in [0.05, 0.1) is 69.2 Å². The Morgan fingerprint density at radius 3 is 0.881 bits per heavy atom. The van der Waals surface area contributed by atoms with Crippen molar-refractivity contribution >= 4 is 102 Å². The van der Waals surface area contributed by atoms with Gasteiger partial charge in [-0.3, -0.25) is 0 Å². The molecule has 2 aliphatic rings. The van der Waals surface area contributed by atoms with Crippen molar-refractivity contribution in [2.75, 3.05) is 13.2 Å². The maximum Gasteiger partial charge on any atom is 0.338 e. The third-order valence-electron chi connectivity index (χ3n) is 16.1. The standard InChI is InChI=1S/C74H52N6O4/c1-3-83-73(81)49-25-21-45(22-26-49)69-57-37-41-61(75-57)71(47-29-33-51(34-30-47)79-65-17-9-5-13-53(65)54-14-6-10-18-66(54)79)63-43-39-59(77-63)70(46-23-27-50(28-24-46)74(82)84-4-2)60-40-44-64(78-60)72(62-42-38-58(69)76-62)48-31-35-52(36-32-48)80-67-19-11-7-15-55(67)56-16-8-12-20-68(56)80/h5-44,75,78H,3-4H2,1-2H3. The van der Waals surface area contributed by atoms with Crippen LogP contribution in [0.4, 0.5) is 0 Å². The van der Waals surface area contributed by atoms with Gasteiger partial charge in [-0.15, -0.1) is 0 Å². The highest BCUT2D eigenvalue weighted by atomic mass is 16.5. The predicted molar refractivity (Wildman–Crippen MR) is 341 cm³/mol. The van der Waals surface area contributed by atoms with Gasteiger partial charge >= 0.3 is 11.9 Å². The summed E-state index contributed by atoms with van der Waals surface area (Å²) in [7, 11) is 0. The summed E-state index contributed by atoms with van der Waals surface area (Å²) in [6.07, 6.45) is 8.31. The molecule has 8 bridgehead atoms. The van der Waals surface area contributed by atoms with Crippen molar-refractivity contribution in [2.24, 2.45) is 0 Å². The van der Waals surface area contributed by atoms with Gasteiger partial charge in [0.1, 0.15) is 0 Å². The molecule has 2 N–H and O–H groups in total. The van der Waals surface area contributed by atoms with Gasteiger partial charge in [-0.2, -0.15) is 0 Å². The molecule has 0 fully saturated rings. The second-order valence-corrected chi connectivity index (χ2v) is 20.9. The highest BCUT2D eigenvalue weighted by Gasteiger charge is 2.22. The normalized spacial score (nSPS) is 12.0. The lowest BCUT2D eigenvalue weighted by Crippen LogP contribution is -2.04. The largest absolute Gasteiger partial charge is 0.462 e. The molecule has 0 saturated heterocycles. The van der Waals surface area contributed by atoms with Gasteiger partial charge in [0, 0.05) is 77.2 Å². The molecule has 0 aliphatic carbocycles. The molecule has 13 aromatic rings. The molecule has 8 aromatic carbocycles. The summed E-state index contributed by atoms with van der Waals surface area (Å²) in [5.74, 6) is -0.758. The molecule has 402 valence electrons. The van der Waals surface area contributed by atoms with Crippen LogP contribution >= 0.6 is 0 Å². The van der Waals surface area contributed by atoms with Crippen LogP contribution in [0, 0.1) is 0 Å². The van der Waals surface area contributed by atoms with Crippen molar-refractivity contribution in [3.8, 4) is 55.9 Å². The molecule has 2 aliphatic heterocycles. The molecule has 0 atom stereocenters. The molecule has 84 heavy (non-hydrogen) atoms. The van der Waals surface area contributed by atoms with Crippen LogP contribution in [-0.4, -0.2) is 54.2 Å². The maximum atomic E-state index is 13.0. The van der Waals surface area contributed by atoms with Gasteiger partial charge in [0.2, 0.25) is 0 Å². The number of esters is 2. The van der Waals surface area contributed by atoms with Gasteiger partial charge in [-0.1, -0.05) is 121 Å². The van der Waals surface area contributed by atoms with Crippen molar-refractivity contribution in [3.05, 3.63) is 252 Å². The third kappa shape index (κ3) is 8.41. The number of nitrogens with one attached hydrogen (secondary N) is 2. The van der Waals surface area contributed by atoms with Crippen molar-refractivity contribution in [2.45, 2.75) is 13.8 Å². The Hall–Kier alpha value is -11.1. The van der Waals surface area contributed by atoms with Gasteiger partial charge in [-0.05, 0) is 157 Å². The maximum absolute atomic E-state index is 13.0. The number of carbonyl (C=O) groups is 2. The Kier molecular flexibility index (Phi) is 12.2. The van der Waals surface area contributed by atoms with Crippen LogP contribution in [0.15, 0.2) is 218 Å². The molecule has 15 rings (SSSR count). The van der Waals surface area contributed by atoms with Crippen LogP contribution in [0.5, 0.6) is 0 Å². The number of aromatic amines is 2. The first-order valence-corrected chi connectivity index (χ1v) is 28.3. The molecule has 10 nitrogen and oxygen atoms in total. The van der Waals surface area contributed by atoms with E-state index in [0.717, 1.165) is 123 Å². The van der Waals surface area contributed by atoms with E-state index in [1.165, 1.54) is 21.5 Å². The van der Waals surface area contributed by atoms with Crippen molar-refractivity contribution in [3.63, 3.8) is 0 Å². The van der Waals surface area contributed by atoms with Crippen LogP contribution in [0.25, 0.3) is 146 Å². The second kappa shape index (κ2) is 20.5. The molecule has 0 amide bonds. The van der Waals surface area contributed by atoms with Gasteiger partial charge in [-0.25, -0.2) is 19.6 Å². The minimum absolute atomic E-state index is 0.276. The number of ether oxygens (including phenoxy) is 2. The van der Waals surface area contributed by atoms with Crippen LogP contribution in [-0.2, 0) is 9.47 Å². The summed E-state index contributed by atoms with van der Waals surface area (Å²) in [5, 5.41) is 4.78. The second-order valence-electron chi connectivity index (χ2n) is 20.9. The number of fused-ring (bicyclic) bond motifs is 14. The van der Waals surface area contributed by atoms with E-state index < -0.39 is 0 Å². The van der Waals surface area contributed by atoms with Gasteiger partial charge < -0.3 is 28.6 Å². The zero-order valence-corrected chi connectivity index (χ0v) is 45.9. The first-order chi connectivity index (χ1) is 41.4. The van der Waals surface area contributed by atoms with E-state index in [1.54, 1.807) is 0 Å². The predicted octanol–water partition coefficient (Wildman–Crippen LogP) is 17.9. The SMILES string of the molecule is CCOC(=O)c1ccc(-c2c3nc(c(-c4ccc(-n5c6ccccc6c6ccccc65)cc4)c4ccc([nH]4)c(-c4ccc(C(=O)OCC)cc4)c4nc(c(-c5ccc(-n6c7ccccc7c7ccccc76)cc5)c5ccc2[nH]5)C=C4)C=C3)cc1. The molecular formula is C74H52N6O4. The summed E-state index contributed by atoms with van der Waals surface area (Å²) in [5.41, 5.74) is 21.0. The molecule has 10 heteroatoms. The lowest BCUT2D eigenvalue weighted by molar-refractivity contribution is 0.0517. The topological polar surface area (TPSA) is 120 Å². The highest BCUT2D eigenvalue weighted by molar-refractivity contribution is 6.11. The van der Waals surface area contributed by atoms with Crippen molar-refractivity contribution in [1.82, 2.24) is 29.1 Å². The molecule has 0 unspecified atom stereocenters. The Labute approximate surface area is 482 Å². The summed E-state index contributed by atoms with van der Waals surface area (Å²) >= 11 is 0. The van der Waals surface area contributed by atoms with E-state index >= 15 is 0 Å². The number of para-hydroxylation sites is 4. The Morgan fingerprint density at radius 2 is 0.607 bits per heavy atom. The monoisotopic (exact) mass is 1090 g/mol. The summed E-state index contributed by atoms with van der Waals surface area (Å²) in [6, 6.07) is 75.1. The van der Waals surface area contributed by atoms with Gasteiger partial charge in [0.25, 0.3) is 0 Å². The number of hydrogen-bond acceptors (Lipinski definition) is 6. The van der Waals surface area contributed by atoms with Crippen LogP contribution in [0.1, 0.15) is 57.3 Å². The van der Waals surface area contributed by atoms with E-state index in [0.29, 0.717) is 11.1 Å². The number of benzene rings is 8. The van der Waals surface area contributed by atoms with E-state index in [4.69, 9.17) is 19.4 Å². The van der Waals surface area contributed by atoms with Gasteiger partial charge in [0.15, 0.2) is 0 Å². The Bertz CT molecular complexity index is 4630. The number of hydrogen-bond donors (Lipinski definition) is 2. The molecule has 0 radical (unpaired) electrons. The lowest BCUT2D eigenvalue weighted by Gasteiger charge is -2.11. The minimum atomic E-state index is -0.379. The average molecular weight is 1090 g/mol. The van der Waals surface area contributed by atoms with Crippen LogP contribution in [0.3, 0.4) is 0 Å². The van der Waals surface area contributed by atoms with E-state index in [2.05, 4.69) is 213 Å².